The quantitative estimate of drug-likeness (QED) is 0.368. The van der Waals surface area contributed by atoms with Gasteiger partial charge in [0, 0.05) is 6.42 Å². The predicted molar refractivity (Wildman–Crippen MR) is 54.7 cm³/mol. The lowest BCUT2D eigenvalue weighted by Crippen LogP contribution is -2.39. The van der Waals surface area contributed by atoms with Crippen molar-refractivity contribution in [1.29, 1.82) is 0 Å². The van der Waals surface area contributed by atoms with Crippen LogP contribution in [0.2, 0.25) is 0 Å². The Morgan fingerprint density at radius 1 is 1.00 bits per heavy atom. The van der Waals surface area contributed by atoms with Crippen molar-refractivity contribution in [2.45, 2.75) is 6.42 Å². The molecule has 14 heavy (non-hydrogen) atoms. The van der Waals surface area contributed by atoms with Crippen molar-refractivity contribution < 1.29 is 4.57 Å². The summed E-state index contributed by atoms with van der Waals surface area (Å²) in [6.07, 6.45) is 3.14. The van der Waals surface area contributed by atoms with E-state index in [1.165, 1.54) is 16.8 Å². The molecule has 0 radical (unpaired) electrons. The maximum Gasteiger partial charge on any atom is 0.122 e. The summed E-state index contributed by atoms with van der Waals surface area (Å²) in [5.41, 5.74) is 4.10. The van der Waals surface area contributed by atoms with Gasteiger partial charge in [-0.05, 0) is 12.1 Å². The molecule has 0 aliphatic carbocycles. The van der Waals surface area contributed by atoms with E-state index < -0.39 is 0 Å². The molecule has 1 heteroatoms. The minimum Gasteiger partial charge on any atom is -0.268 e. The van der Waals surface area contributed by atoms with Crippen molar-refractivity contribution >= 4 is 0 Å². The van der Waals surface area contributed by atoms with Crippen LogP contribution in [0, 0.1) is 6.54 Å². The number of aromatic nitrogens is 1. The third kappa shape index (κ3) is 1.10. The highest BCUT2D eigenvalue weighted by Crippen LogP contribution is 2.17. The number of rotatable bonds is 0. The second kappa shape index (κ2) is 2.88. The molecule has 2 heterocycles. The molecule has 1 aromatic heterocycles. The molecule has 0 atom stereocenters. The highest BCUT2D eigenvalue weighted by Gasteiger charge is 2.13. The van der Waals surface area contributed by atoms with Crippen molar-refractivity contribution in [3.8, 4) is 0 Å². The van der Waals surface area contributed by atoms with Gasteiger partial charge in [0.2, 0.25) is 0 Å². The number of hydrogen-bond donors (Lipinski definition) is 0. The number of fused-ring (bicyclic) bond motifs is 2. The minimum absolute atomic E-state index is 1.04. The van der Waals surface area contributed by atoms with Crippen molar-refractivity contribution in [3.05, 3.63) is 72.0 Å². The Hall–Kier alpha value is -1.76. The molecular formula is C13H11N. The molecule has 0 fully saturated rings. The van der Waals surface area contributed by atoms with Crippen LogP contribution in [0.5, 0.6) is 0 Å². The largest absolute Gasteiger partial charge is 0.268 e. The Labute approximate surface area is 83.6 Å². The van der Waals surface area contributed by atoms with E-state index in [0.717, 1.165) is 6.42 Å². The Morgan fingerprint density at radius 2 is 1.86 bits per heavy atom. The van der Waals surface area contributed by atoms with E-state index in [0.29, 0.717) is 0 Å². The zero-order valence-corrected chi connectivity index (χ0v) is 7.85. The fraction of sp³-hybridized carbons (Fsp3) is 0.0769. The number of pyridine rings is 1. The van der Waals surface area contributed by atoms with Crippen LogP contribution in [0.4, 0.5) is 0 Å². The predicted octanol–water partition coefficient (Wildman–Crippen LogP) is 1.94. The first-order valence-electron chi connectivity index (χ1n) is 4.85. The SMILES string of the molecule is c1ccc2c(c1)[CH-][n+]1ccccc1C2. The second-order valence-corrected chi connectivity index (χ2v) is 3.60. The first-order valence-corrected chi connectivity index (χ1v) is 4.85. The van der Waals surface area contributed by atoms with Crippen LogP contribution in [0.3, 0.4) is 0 Å². The van der Waals surface area contributed by atoms with Gasteiger partial charge in [0.05, 0.1) is 0 Å². The van der Waals surface area contributed by atoms with Gasteiger partial charge < -0.3 is 0 Å². The maximum absolute atomic E-state index is 2.20. The molecule has 1 aliphatic rings. The van der Waals surface area contributed by atoms with E-state index in [2.05, 4.69) is 59.8 Å². The molecule has 1 aliphatic heterocycles. The highest BCUT2D eigenvalue weighted by molar-refractivity contribution is 5.35. The van der Waals surface area contributed by atoms with E-state index in [1.807, 2.05) is 0 Å². The van der Waals surface area contributed by atoms with Crippen LogP contribution in [0.15, 0.2) is 48.7 Å². The first kappa shape index (κ1) is 7.63. The van der Waals surface area contributed by atoms with Gasteiger partial charge in [-0.2, -0.15) is 0 Å². The number of hydrogen-bond acceptors (Lipinski definition) is 0. The normalized spacial score (nSPS) is 12.6. The Morgan fingerprint density at radius 3 is 2.86 bits per heavy atom. The fourth-order valence-corrected chi connectivity index (χ4v) is 1.93. The smallest absolute Gasteiger partial charge is 0.122 e. The molecular weight excluding hydrogens is 170 g/mol. The number of benzene rings is 1. The van der Waals surface area contributed by atoms with Gasteiger partial charge in [-0.25, -0.2) is 0 Å². The molecule has 68 valence electrons. The van der Waals surface area contributed by atoms with E-state index in [-0.39, 0.29) is 0 Å². The fourth-order valence-electron chi connectivity index (χ4n) is 1.93. The van der Waals surface area contributed by atoms with Crippen molar-refractivity contribution in [2.24, 2.45) is 0 Å². The van der Waals surface area contributed by atoms with Crippen molar-refractivity contribution in [1.82, 2.24) is 0 Å². The van der Waals surface area contributed by atoms with Gasteiger partial charge in [-0.1, -0.05) is 35.4 Å². The van der Waals surface area contributed by atoms with Crippen molar-refractivity contribution in [3.63, 3.8) is 0 Å². The monoisotopic (exact) mass is 181 g/mol. The van der Waals surface area contributed by atoms with Gasteiger partial charge in [-0.15, -0.1) is 6.07 Å². The minimum atomic E-state index is 1.04. The third-order valence-electron chi connectivity index (χ3n) is 2.68. The van der Waals surface area contributed by atoms with E-state index >= 15 is 0 Å². The van der Waals surface area contributed by atoms with Crippen molar-refractivity contribution in [2.75, 3.05) is 0 Å². The van der Waals surface area contributed by atoms with Crippen LogP contribution in [0.25, 0.3) is 0 Å². The molecule has 0 spiro atoms. The zero-order valence-electron chi connectivity index (χ0n) is 7.85. The summed E-state index contributed by atoms with van der Waals surface area (Å²) in [7, 11) is 0. The summed E-state index contributed by atoms with van der Waals surface area (Å²) in [6, 6.07) is 14.9. The molecule has 0 amide bonds. The molecule has 0 saturated carbocycles. The van der Waals surface area contributed by atoms with Crippen LogP contribution < -0.4 is 4.57 Å². The molecule has 0 bridgehead atoms. The molecule has 1 nitrogen and oxygen atoms in total. The summed E-state index contributed by atoms with van der Waals surface area (Å²) in [4.78, 5) is 0. The lowest BCUT2D eigenvalue weighted by atomic mass is 9.99. The summed E-state index contributed by atoms with van der Waals surface area (Å²) in [5, 5.41) is 0. The summed E-state index contributed by atoms with van der Waals surface area (Å²) >= 11 is 0. The molecule has 0 saturated heterocycles. The zero-order chi connectivity index (χ0) is 9.38. The van der Waals surface area contributed by atoms with Gasteiger partial charge in [0.1, 0.15) is 18.4 Å². The van der Waals surface area contributed by atoms with Gasteiger partial charge in [-0.3, -0.25) is 4.57 Å². The van der Waals surface area contributed by atoms with Gasteiger partial charge in [0.15, 0.2) is 0 Å². The lowest BCUT2D eigenvalue weighted by Gasteiger charge is -2.19. The van der Waals surface area contributed by atoms with Gasteiger partial charge >= 0.3 is 0 Å². The Balaban J connectivity index is 2.12. The molecule has 3 rings (SSSR count). The number of nitrogens with zero attached hydrogens (tertiary/aromatic N) is 1. The summed E-state index contributed by atoms with van der Waals surface area (Å²) in [6.45, 7) is 2.19. The third-order valence-corrected chi connectivity index (χ3v) is 2.68. The van der Waals surface area contributed by atoms with Crippen LogP contribution in [0.1, 0.15) is 16.8 Å². The van der Waals surface area contributed by atoms with E-state index in [9.17, 15) is 0 Å². The standard InChI is InChI=1S/C13H11N/c1-2-6-12-10-14-8-4-3-7-13(14)9-11(12)5-1/h1-8,10H,9H2. The Kier molecular flexibility index (Phi) is 1.57. The average molecular weight is 181 g/mol. The topological polar surface area (TPSA) is 3.88 Å². The summed E-state index contributed by atoms with van der Waals surface area (Å²) in [5.74, 6) is 0. The highest BCUT2D eigenvalue weighted by atomic mass is 15.0. The van der Waals surface area contributed by atoms with E-state index in [4.69, 9.17) is 0 Å². The molecule has 0 unspecified atom stereocenters. The van der Waals surface area contributed by atoms with Gasteiger partial charge in [0.25, 0.3) is 0 Å². The Bertz CT molecular complexity index is 387. The summed E-state index contributed by atoms with van der Waals surface area (Å²) < 4.78 is 2.20. The van der Waals surface area contributed by atoms with Crippen LogP contribution in [-0.2, 0) is 6.42 Å². The molecule has 1 aromatic carbocycles. The second-order valence-electron chi connectivity index (χ2n) is 3.60. The average Bonchev–Trinajstić information content (AvgIpc) is 2.26. The van der Waals surface area contributed by atoms with Crippen LogP contribution in [-0.4, -0.2) is 0 Å². The lowest BCUT2D eigenvalue weighted by molar-refractivity contribution is -0.638. The first-order chi connectivity index (χ1) is 6.93. The van der Waals surface area contributed by atoms with E-state index in [1.54, 1.807) is 0 Å². The maximum atomic E-state index is 2.20. The van der Waals surface area contributed by atoms with Crippen LogP contribution >= 0.6 is 0 Å². The molecule has 0 N–H and O–H groups in total. The molecule has 2 aromatic rings.